The summed E-state index contributed by atoms with van der Waals surface area (Å²) in [6.45, 7) is 0. The lowest BCUT2D eigenvalue weighted by atomic mass is 9.75. The van der Waals surface area contributed by atoms with Gasteiger partial charge in [-0.05, 0) is 31.6 Å². The van der Waals surface area contributed by atoms with Crippen LogP contribution in [0.25, 0.3) is 0 Å². The van der Waals surface area contributed by atoms with E-state index >= 15 is 0 Å². The van der Waals surface area contributed by atoms with E-state index in [0.717, 1.165) is 12.8 Å². The first-order valence-electron chi connectivity index (χ1n) is 6.52. The molecule has 88 valence electrons. The van der Waals surface area contributed by atoms with E-state index in [2.05, 4.69) is 0 Å². The second kappa shape index (κ2) is 4.84. The molecule has 2 aliphatic rings. The average Bonchev–Trinajstić information content (AvgIpc) is 2.82. The zero-order valence-electron chi connectivity index (χ0n) is 9.87. The van der Waals surface area contributed by atoms with Crippen LogP contribution in [0.4, 0.5) is 0 Å². The van der Waals surface area contributed by atoms with Crippen LogP contribution in [0, 0.1) is 5.92 Å². The first-order valence-corrected chi connectivity index (χ1v) is 6.52. The van der Waals surface area contributed by atoms with E-state index in [-0.39, 0.29) is 11.7 Å². The van der Waals surface area contributed by atoms with Crippen LogP contribution in [0.5, 0.6) is 0 Å². The minimum atomic E-state index is -0.217. The molecule has 0 bridgehead atoms. The van der Waals surface area contributed by atoms with Crippen LogP contribution < -0.4 is 0 Å². The summed E-state index contributed by atoms with van der Waals surface area (Å²) in [5, 5.41) is 10.5. The highest BCUT2D eigenvalue weighted by molar-refractivity contribution is 4.95. The summed E-state index contributed by atoms with van der Waals surface area (Å²) in [4.78, 5) is 0. The van der Waals surface area contributed by atoms with E-state index in [4.69, 9.17) is 4.74 Å². The van der Waals surface area contributed by atoms with Gasteiger partial charge in [-0.1, -0.05) is 32.1 Å². The lowest BCUT2D eigenvalue weighted by molar-refractivity contribution is -0.141. The Morgan fingerprint density at radius 1 is 1.07 bits per heavy atom. The summed E-state index contributed by atoms with van der Waals surface area (Å²) in [6.07, 6.45) is 10.6. The van der Waals surface area contributed by atoms with Crippen LogP contribution >= 0.6 is 0 Å². The van der Waals surface area contributed by atoms with Crippen molar-refractivity contribution in [2.24, 2.45) is 5.92 Å². The molecule has 2 aliphatic carbocycles. The molecule has 1 unspecified atom stereocenters. The van der Waals surface area contributed by atoms with E-state index < -0.39 is 0 Å². The number of aliphatic hydroxyl groups excluding tert-OH is 1. The van der Waals surface area contributed by atoms with Gasteiger partial charge in [0.05, 0.1) is 11.7 Å². The highest BCUT2D eigenvalue weighted by Gasteiger charge is 2.43. The van der Waals surface area contributed by atoms with E-state index in [9.17, 15) is 5.11 Å². The van der Waals surface area contributed by atoms with Crippen molar-refractivity contribution < 1.29 is 9.84 Å². The van der Waals surface area contributed by atoms with Crippen LogP contribution in [0.15, 0.2) is 0 Å². The van der Waals surface area contributed by atoms with Crippen molar-refractivity contribution in [3.8, 4) is 0 Å². The molecular weight excluding hydrogens is 188 g/mol. The quantitative estimate of drug-likeness (QED) is 0.779. The first kappa shape index (κ1) is 11.4. The molecule has 0 heterocycles. The number of rotatable bonds is 3. The molecule has 0 aromatic carbocycles. The van der Waals surface area contributed by atoms with Gasteiger partial charge in [0.2, 0.25) is 0 Å². The third-order valence-corrected chi connectivity index (χ3v) is 4.49. The highest BCUT2D eigenvalue weighted by Crippen LogP contribution is 2.41. The standard InChI is InChI=1S/C13H24O2/c1-15-13(9-5-2-6-10-13)12(14)11-7-3-4-8-11/h11-12,14H,2-10H2,1H3. The molecule has 2 nitrogen and oxygen atoms in total. The highest BCUT2D eigenvalue weighted by atomic mass is 16.5. The molecule has 0 saturated heterocycles. The fourth-order valence-electron chi connectivity index (χ4n) is 3.47. The summed E-state index contributed by atoms with van der Waals surface area (Å²) in [6, 6.07) is 0. The summed E-state index contributed by atoms with van der Waals surface area (Å²) < 4.78 is 5.70. The van der Waals surface area contributed by atoms with Crippen LogP contribution in [0.3, 0.4) is 0 Å². The van der Waals surface area contributed by atoms with Gasteiger partial charge in [0.25, 0.3) is 0 Å². The molecule has 2 saturated carbocycles. The van der Waals surface area contributed by atoms with Crippen molar-refractivity contribution in [3.63, 3.8) is 0 Å². The van der Waals surface area contributed by atoms with E-state index in [0.29, 0.717) is 5.92 Å². The lowest BCUT2D eigenvalue weighted by Gasteiger charge is -2.42. The predicted molar refractivity (Wildman–Crippen MR) is 60.8 cm³/mol. The maximum atomic E-state index is 10.5. The zero-order valence-corrected chi connectivity index (χ0v) is 9.87. The SMILES string of the molecule is COC1(C(O)C2CCCC2)CCCCC1. The second-order valence-electron chi connectivity index (χ2n) is 5.32. The Balaban J connectivity index is 2.02. The van der Waals surface area contributed by atoms with Crippen molar-refractivity contribution in [1.29, 1.82) is 0 Å². The minimum Gasteiger partial charge on any atom is -0.390 e. The summed E-state index contributed by atoms with van der Waals surface area (Å²) in [5.41, 5.74) is -0.201. The smallest absolute Gasteiger partial charge is 0.0939 e. The average molecular weight is 212 g/mol. The topological polar surface area (TPSA) is 29.5 Å². The summed E-state index contributed by atoms with van der Waals surface area (Å²) in [5.74, 6) is 0.503. The van der Waals surface area contributed by atoms with Gasteiger partial charge < -0.3 is 9.84 Å². The van der Waals surface area contributed by atoms with E-state index in [1.807, 2.05) is 0 Å². The minimum absolute atomic E-state index is 0.201. The van der Waals surface area contributed by atoms with Crippen LogP contribution in [-0.2, 0) is 4.74 Å². The van der Waals surface area contributed by atoms with Gasteiger partial charge >= 0.3 is 0 Å². The molecule has 2 rings (SSSR count). The molecule has 0 aromatic heterocycles. The Labute approximate surface area is 93.0 Å². The molecule has 15 heavy (non-hydrogen) atoms. The molecule has 0 aromatic rings. The fourth-order valence-corrected chi connectivity index (χ4v) is 3.47. The van der Waals surface area contributed by atoms with Crippen molar-refractivity contribution in [2.45, 2.75) is 69.5 Å². The van der Waals surface area contributed by atoms with Gasteiger partial charge in [0.1, 0.15) is 0 Å². The number of hydrogen-bond donors (Lipinski definition) is 1. The Morgan fingerprint density at radius 2 is 1.67 bits per heavy atom. The molecule has 0 aliphatic heterocycles. The predicted octanol–water partition coefficient (Wildman–Crippen LogP) is 2.89. The molecule has 2 heteroatoms. The maximum Gasteiger partial charge on any atom is 0.0939 e. The normalized spacial score (nSPS) is 29.2. The summed E-state index contributed by atoms with van der Waals surface area (Å²) >= 11 is 0. The van der Waals surface area contributed by atoms with Gasteiger partial charge in [-0.15, -0.1) is 0 Å². The van der Waals surface area contributed by atoms with Gasteiger partial charge in [0, 0.05) is 7.11 Å². The molecule has 1 N–H and O–H groups in total. The fraction of sp³-hybridized carbons (Fsp3) is 1.00. The molecular formula is C13H24O2. The van der Waals surface area contributed by atoms with Crippen LogP contribution in [0.2, 0.25) is 0 Å². The molecule has 0 amide bonds. The monoisotopic (exact) mass is 212 g/mol. The summed E-state index contributed by atoms with van der Waals surface area (Å²) in [7, 11) is 1.78. The molecule has 2 fully saturated rings. The van der Waals surface area contributed by atoms with Gasteiger partial charge in [0.15, 0.2) is 0 Å². The Kier molecular flexibility index (Phi) is 3.68. The Bertz CT molecular complexity index is 191. The van der Waals surface area contributed by atoms with Crippen molar-refractivity contribution in [1.82, 2.24) is 0 Å². The Morgan fingerprint density at radius 3 is 2.20 bits per heavy atom. The maximum absolute atomic E-state index is 10.5. The first-order chi connectivity index (χ1) is 7.28. The molecule has 0 radical (unpaired) electrons. The van der Waals surface area contributed by atoms with Crippen molar-refractivity contribution in [3.05, 3.63) is 0 Å². The van der Waals surface area contributed by atoms with Gasteiger partial charge in [-0.25, -0.2) is 0 Å². The number of methoxy groups -OCH3 is 1. The second-order valence-corrected chi connectivity index (χ2v) is 5.32. The van der Waals surface area contributed by atoms with Gasteiger partial charge in [-0.3, -0.25) is 0 Å². The third kappa shape index (κ3) is 2.21. The number of hydrogen-bond acceptors (Lipinski definition) is 2. The lowest BCUT2D eigenvalue weighted by Crippen LogP contribution is -2.49. The van der Waals surface area contributed by atoms with Crippen LogP contribution in [0.1, 0.15) is 57.8 Å². The largest absolute Gasteiger partial charge is 0.390 e. The zero-order chi connectivity index (χ0) is 10.7. The number of aliphatic hydroxyl groups is 1. The number of ether oxygens (including phenoxy) is 1. The van der Waals surface area contributed by atoms with Crippen molar-refractivity contribution >= 4 is 0 Å². The molecule has 1 atom stereocenters. The third-order valence-electron chi connectivity index (χ3n) is 4.49. The molecule has 0 spiro atoms. The van der Waals surface area contributed by atoms with E-state index in [1.165, 1.54) is 44.9 Å². The van der Waals surface area contributed by atoms with Gasteiger partial charge in [-0.2, -0.15) is 0 Å². The van der Waals surface area contributed by atoms with Crippen LogP contribution in [-0.4, -0.2) is 23.9 Å². The van der Waals surface area contributed by atoms with E-state index in [1.54, 1.807) is 7.11 Å². The van der Waals surface area contributed by atoms with Crippen molar-refractivity contribution in [2.75, 3.05) is 7.11 Å². The Hall–Kier alpha value is -0.0800.